The number of hydrogen-bond acceptors (Lipinski definition) is 5. The van der Waals surface area contributed by atoms with E-state index in [-0.39, 0.29) is 11.7 Å². The number of nitrogens with zero attached hydrogens (tertiary/aromatic N) is 3. The number of nitrogens with two attached hydrogens (primary N) is 1. The third kappa shape index (κ3) is 3.81. The first-order chi connectivity index (χ1) is 13.6. The summed E-state index contributed by atoms with van der Waals surface area (Å²) in [4.78, 5) is 12.3. The number of aromatic nitrogens is 3. The van der Waals surface area contributed by atoms with Crippen LogP contribution in [0.1, 0.15) is 0 Å². The van der Waals surface area contributed by atoms with Crippen LogP contribution in [-0.4, -0.2) is 26.5 Å². The number of nitrogens with one attached hydrogen (secondary N) is 1. The van der Waals surface area contributed by atoms with Gasteiger partial charge in [0.1, 0.15) is 0 Å². The van der Waals surface area contributed by atoms with Crippen molar-refractivity contribution in [3.8, 4) is 11.4 Å². The highest BCUT2D eigenvalue weighted by Gasteiger charge is 2.15. The Hall–Kier alpha value is -3.03. The summed E-state index contributed by atoms with van der Waals surface area (Å²) in [5.41, 5.74) is 1.43. The second kappa shape index (κ2) is 7.92. The molecular formula is C20H16ClN5OS. The van der Waals surface area contributed by atoms with Gasteiger partial charge in [0.15, 0.2) is 5.82 Å². The van der Waals surface area contributed by atoms with Crippen molar-refractivity contribution in [2.45, 2.75) is 5.16 Å². The summed E-state index contributed by atoms with van der Waals surface area (Å²) in [5.74, 6) is 6.54. The van der Waals surface area contributed by atoms with Crippen molar-refractivity contribution in [1.82, 2.24) is 14.9 Å². The first-order valence-electron chi connectivity index (χ1n) is 8.48. The summed E-state index contributed by atoms with van der Waals surface area (Å²) in [5, 5.41) is 14.2. The van der Waals surface area contributed by atoms with Crippen molar-refractivity contribution in [3.63, 3.8) is 0 Å². The molecule has 8 heteroatoms. The Bertz CT molecular complexity index is 1160. The van der Waals surface area contributed by atoms with Crippen LogP contribution in [0.15, 0.2) is 71.9 Å². The van der Waals surface area contributed by atoms with E-state index in [2.05, 4.69) is 15.5 Å². The first kappa shape index (κ1) is 18.3. The van der Waals surface area contributed by atoms with E-state index in [1.165, 1.54) is 16.4 Å². The number of anilines is 1. The van der Waals surface area contributed by atoms with Crippen molar-refractivity contribution in [2.75, 3.05) is 16.9 Å². The zero-order chi connectivity index (χ0) is 19.5. The topological polar surface area (TPSA) is 85.8 Å². The van der Waals surface area contributed by atoms with Gasteiger partial charge in [-0.1, -0.05) is 65.8 Å². The van der Waals surface area contributed by atoms with E-state index in [0.717, 1.165) is 16.5 Å². The molecule has 3 aromatic carbocycles. The molecule has 0 unspecified atom stereocenters. The van der Waals surface area contributed by atoms with Crippen molar-refractivity contribution in [2.24, 2.45) is 0 Å². The van der Waals surface area contributed by atoms with E-state index in [1.54, 1.807) is 6.07 Å². The van der Waals surface area contributed by atoms with Gasteiger partial charge in [0.25, 0.3) is 0 Å². The lowest BCUT2D eigenvalue weighted by molar-refractivity contribution is -0.113. The molecule has 0 aliphatic carbocycles. The molecule has 0 radical (unpaired) electrons. The second-order valence-electron chi connectivity index (χ2n) is 6.05. The number of thioether (sulfide) groups is 1. The molecule has 0 bridgehead atoms. The van der Waals surface area contributed by atoms with E-state index in [0.29, 0.717) is 21.6 Å². The van der Waals surface area contributed by atoms with Crippen LogP contribution in [0.3, 0.4) is 0 Å². The highest BCUT2D eigenvalue weighted by Crippen LogP contribution is 2.27. The SMILES string of the molecule is Nn1c(SCC(=O)Nc2ccc3ccccc3c2)nnc1-c1ccccc1Cl. The molecule has 3 N–H and O–H groups in total. The van der Waals surface area contributed by atoms with Gasteiger partial charge >= 0.3 is 0 Å². The summed E-state index contributed by atoms with van der Waals surface area (Å²) in [6, 6.07) is 21.0. The van der Waals surface area contributed by atoms with Crippen molar-refractivity contribution in [1.29, 1.82) is 0 Å². The molecule has 1 aromatic heterocycles. The minimum Gasteiger partial charge on any atom is -0.335 e. The predicted molar refractivity (Wildman–Crippen MR) is 114 cm³/mol. The Morgan fingerprint density at radius 3 is 2.61 bits per heavy atom. The van der Waals surface area contributed by atoms with Gasteiger partial charge in [-0.15, -0.1) is 10.2 Å². The van der Waals surface area contributed by atoms with Crippen LogP contribution in [0.4, 0.5) is 5.69 Å². The van der Waals surface area contributed by atoms with Crippen molar-refractivity contribution in [3.05, 3.63) is 71.8 Å². The van der Waals surface area contributed by atoms with Crippen LogP contribution < -0.4 is 11.2 Å². The molecule has 0 saturated heterocycles. The molecule has 0 atom stereocenters. The van der Waals surface area contributed by atoms with E-state index < -0.39 is 0 Å². The normalized spacial score (nSPS) is 10.9. The summed E-state index contributed by atoms with van der Waals surface area (Å²) in [6.45, 7) is 0. The van der Waals surface area contributed by atoms with E-state index in [9.17, 15) is 4.79 Å². The lowest BCUT2D eigenvalue weighted by Crippen LogP contribution is -2.16. The number of carbonyl (C=O) groups excluding carboxylic acids is 1. The lowest BCUT2D eigenvalue weighted by Gasteiger charge is -2.07. The van der Waals surface area contributed by atoms with Gasteiger partial charge in [-0.05, 0) is 35.0 Å². The second-order valence-corrected chi connectivity index (χ2v) is 7.40. The smallest absolute Gasteiger partial charge is 0.234 e. The van der Waals surface area contributed by atoms with Crippen LogP contribution in [-0.2, 0) is 4.79 Å². The van der Waals surface area contributed by atoms with Gasteiger partial charge in [0.2, 0.25) is 11.1 Å². The number of nitrogen functional groups attached to an aromatic ring is 1. The first-order valence-corrected chi connectivity index (χ1v) is 9.85. The molecule has 1 amide bonds. The van der Waals surface area contributed by atoms with Crippen molar-refractivity contribution >= 4 is 45.7 Å². The van der Waals surface area contributed by atoms with Gasteiger partial charge < -0.3 is 11.2 Å². The van der Waals surface area contributed by atoms with Crippen LogP contribution in [0.25, 0.3) is 22.2 Å². The molecule has 0 aliphatic rings. The summed E-state index contributed by atoms with van der Waals surface area (Å²) in [7, 11) is 0. The Morgan fingerprint density at radius 1 is 1.04 bits per heavy atom. The van der Waals surface area contributed by atoms with Gasteiger partial charge in [-0.2, -0.15) is 0 Å². The zero-order valence-electron chi connectivity index (χ0n) is 14.7. The quantitative estimate of drug-likeness (QED) is 0.381. The molecule has 4 rings (SSSR count). The molecule has 0 spiro atoms. The number of hydrogen-bond donors (Lipinski definition) is 2. The minimum absolute atomic E-state index is 0.150. The lowest BCUT2D eigenvalue weighted by atomic mass is 10.1. The summed E-state index contributed by atoms with van der Waals surface area (Å²) < 4.78 is 1.34. The van der Waals surface area contributed by atoms with Gasteiger partial charge in [-0.25, -0.2) is 4.68 Å². The average molecular weight is 410 g/mol. The van der Waals surface area contributed by atoms with Gasteiger partial charge in [-0.3, -0.25) is 4.79 Å². The Morgan fingerprint density at radius 2 is 1.79 bits per heavy atom. The predicted octanol–water partition coefficient (Wildman–Crippen LogP) is 4.20. The number of halogens is 1. The van der Waals surface area contributed by atoms with E-state index >= 15 is 0 Å². The highest BCUT2D eigenvalue weighted by molar-refractivity contribution is 7.99. The fourth-order valence-electron chi connectivity index (χ4n) is 2.80. The van der Waals surface area contributed by atoms with Gasteiger partial charge in [0.05, 0.1) is 10.8 Å². The molecule has 0 aliphatic heterocycles. The fraction of sp³-hybridized carbons (Fsp3) is 0.0500. The zero-order valence-corrected chi connectivity index (χ0v) is 16.2. The molecule has 6 nitrogen and oxygen atoms in total. The largest absolute Gasteiger partial charge is 0.335 e. The maximum Gasteiger partial charge on any atom is 0.234 e. The van der Waals surface area contributed by atoms with Crippen LogP contribution >= 0.6 is 23.4 Å². The van der Waals surface area contributed by atoms with Crippen LogP contribution in [0.2, 0.25) is 5.02 Å². The molecule has 28 heavy (non-hydrogen) atoms. The standard InChI is InChI=1S/C20H16ClN5OS/c21-17-8-4-3-7-16(17)19-24-25-20(26(19)22)28-12-18(27)23-15-10-9-13-5-1-2-6-14(13)11-15/h1-11H,12,22H2,(H,23,27). The van der Waals surface area contributed by atoms with Crippen LogP contribution in [0, 0.1) is 0 Å². The molecule has 1 heterocycles. The Balaban J connectivity index is 1.43. The maximum absolute atomic E-state index is 12.3. The Labute approximate surface area is 170 Å². The number of benzene rings is 3. The number of rotatable bonds is 5. The summed E-state index contributed by atoms with van der Waals surface area (Å²) >= 11 is 7.40. The number of fused-ring (bicyclic) bond motifs is 1. The molecule has 0 fully saturated rings. The van der Waals surface area contributed by atoms with E-state index in [4.69, 9.17) is 17.4 Å². The molecule has 4 aromatic rings. The fourth-order valence-corrected chi connectivity index (χ4v) is 3.67. The number of amides is 1. The van der Waals surface area contributed by atoms with Crippen molar-refractivity contribution < 1.29 is 4.79 Å². The van der Waals surface area contributed by atoms with Crippen LogP contribution in [0.5, 0.6) is 0 Å². The average Bonchev–Trinajstić information content (AvgIpc) is 3.07. The minimum atomic E-state index is -0.150. The van der Waals surface area contributed by atoms with Gasteiger partial charge in [0, 0.05) is 11.3 Å². The highest BCUT2D eigenvalue weighted by atomic mass is 35.5. The maximum atomic E-state index is 12.3. The molecule has 0 saturated carbocycles. The summed E-state index contributed by atoms with van der Waals surface area (Å²) in [6.07, 6.45) is 0. The molecule has 140 valence electrons. The monoisotopic (exact) mass is 409 g/mol. The third-order valence-electron chi connectivity index (χ3n) is 4.14. The Kier molecular flexibility index (Phi) is 5.18. The third-order valence-corrected chi connectivity index (χ3v) is 5.42. The van der Waals surface area contributed by atoms with E-state index in [1.807, 2.05) is 60.7 Å². The molecular weight excluding hydrogens is 394 g/mol. The number of carbonyl (C=O) groups is 1.